The van der Waals surface area contributed by atoms with Crippen molar-refractivity contribution in [2.24, 2.45) is 5.92 Å². The first-order valence-electron chi connectivity index (χ1n) is 9.22. The minimum Gasteiger partial charge on any atom is -0.330 e. The second-order valence-electron chi connectivity index (χ2n) is 7.21. The molecule has 1 atom stereocenters. The van der Waals surface area contributed by atoms with Crippen LogP contribution in [0.1, 0.15) is 50.4 Å². The Labute approximate surface area is 149 Å². The van der Waals surface area contributed by atoms with Gasteiger partial charge >= 0.3 is 0 Å². The summed E-state index contributed by atoms with van der Waals surface area (Å²) in [6.45, 7) is 7.20. The molecule has 0 aliphatic carbocycles. The van der Waals surface area contributed by atoms with E-state index < -0.39 is 0 Å². The Morgan fingerprint density at radius 1 is 1.44 bits per heavy atom. The van der Waals surface area contributed by atoms with Gasteiger partial charge in [-0.15, -0.1) is 0 Å². The van der Waals surface area contributed by atoms with Gasteiger partial charge in [0.1, 0.15) is 5.82 Å². The molecule has 0 radical (unpaired) electrons. The molecule has 1 saturated heterocycles. The second kappa shape index (κ2) is 8.30. The molecule has 1 amide bonds. The summed E-state index contributed by atoms with van der Waals surface area (Å²) in [6.07, 6.45) is 6.60. The average molecular weight is 340 g/mol. The van der Waals surface area contributed by atoms with Gasteiger partial charge in [0.15, 0.2) is 0 Å². The molecule has 1 aromatic heterocycles. The third-order valence-corrected chi connectivity index (χ3v) is 4.77. The largest absolute Gasteiger partial charge is 0.330 e. The lowest BCUT2D eigenvalue weighted by atomic mass is 10.0. The number of hydrogen-bond acceptors (Lipinski definition) is 3. The van der Waals surface area contributed by atoms with Crippen molar-refractivity contribution >= 4 is 11.6 Å². The van der Waals surface area contributed by atoms with Crippen LogP contribution in [0.5, 0.6) is 0 Å². The number of imidazole rings is 1. The fourth-order valence-corrected chi connectivity index (χ4v) is 3.42. The number of rotatable bonds is 7. The highest BCUT2D eigenvalue weighted by atomic mass is 16.1. The Kier molecular flexibility index (Phi) is 5.87. The first-order valence-corrected chi connectivity index (χ1v) is 9.22. The molecule has 2 N–H and O–H groups in total. The Bertz CT molecular complexity index is 701. The van der Waals surface area contributed by atoms with E-state index in [1.807, 2.05) is 24.5 Å². The maximum atomic E-state index is 12.2. The number of carbonyl (C=O) groups is 1. The van der Waals surface area contributed by atoms with E-state index in [1.54, 1.807) is 0 Å². The summed E-state index contributed by atoms with van der Waals surface area (Å²) in [5.41, 5.74) is 2.04. The standard InChI is InChI=1S/C20H28N4O/c1-15(2)20-22-10-11-24(20)14-17-4-3-5-18(12-17)23-19(25)7-6-16-8-9-21-13-16/h3-5,10-12,15-16,21H,6-9,13-14H2,1-2H3,(H,23,25). The summed E-state index contributed by atoms with van der Waals surface area (Å²) < 4.78 is 2.17. The molecule has 1 unspecified atom stereocenters. The van der Waals surface area contributed by atoms with E-state index in [4.69, 9.17) is 0 Å². The summed E-state index contributed by atoms with van der Waals surface area (Å²) in [5.74, 6) is 2.23. The van der Waals surface area contributed by atoms with Crippen LogP contribution in [0.2, 0.25) is 0 Å². The molecule has 0 bridgehead atoms. The van der Waals surface area contributed by atoms with Crippen LogP contribution in [0.3, 0.4) is 0 Å². The smallest absolute Gasteiger partial charge is 0.224 e. The third kappa shape index (κ3) is 4.92. The van der Waals surface area contributed by atoms with Crippen LogP contribution in [-0.4, -0.2) is 28.5 Å². The SMILES string of the molecule is CC(C)c1nccn1Cc1cccc(NC(=O)CCC2CCNC2)c1. The Morgan fingerprint density at radius 3 is 3.08 bits per heavy atom. The molecule has 5 nitrogen and oxygen atoms in total. The molecular weight excluding hydrogens is 312 g/mol. The number of aromatic nitrogens is 2. The maximum absolute atomic E-state index is 12.2. The van der Waals surface area contributed by atoms with Gasteiger partial charge in [-0.2, -0.15) is 0 Å². The van der Waals surface area contributed by atoms with Crippen LogP contribution in [0.25, 0.3) is 0 Å². The van der Waals surface area contributed by atoms with Gasteiger partial charge < -0.3 is 15.2 Å². The quantitative estimate of drug-likeness (QED) is 0.812. The topological polar surface area (TPSA) is 59.0 Å². The summed E-state index contributed by atoms with van der Waals surface area (Å²) in [7, 11) is 0. The van der Waals surface area contributed by atoms with Gasteiger partial charge in [0.25, 0.3) is 0 Å². The van der Waals surface area contributed by atoms with Crippen LogP contribution in [0, 0.1) is 5.92 Å². The first-order chi connectivity index (χ1) is 12.1. The van der Waals surface area contributed by atoms with Crippen LogP contribution >= 0.6 is 0 Å². The van der Waals surface area contributed by atoms with Crippen molar-refractivity contribution in [2.75, 3.05) is 18.4 Å². The van der Waals surface area contributed by atoms with Gasteiger partial charge in [-0.1, -0.05) is 26.0 Å². The number of amides is 1. The molecule has 134 valence electrons. The lowest BCUT2D eigenvalue weighted by Gasteiger charge is -2.12. The minimum atomic E-state index is 0.106. The van der Waals surface area contributed by atoms with E-state index in [0.29, 0.717) is 18.3 Å². The zero-order chi connectivity index (χ0) is 17.6. The predicted molar refractivity (Wildman–Crippen MR) is 101 cm³/mol. The molecule has 5 heteroatoms. The van der Waals surface area contributed by atoms with E-state index in [1.165, 1.54) is 6.42 Å². The first kappa shape index (κ1) is 17.7. The second-order valence-corrected chi connectivity index (χ2v) is 7.21. The summed E-state index contributed by atoms with van der Waals surface area (Å²) in [4.78, 5) is 16.6. The third-order valence-electron chi connectivity index (χ3n) is 4.77. The predicted octanol–water partition coefficient (Wildman–Crippen LogP) is 3.38. The highest BCUT2D eigenvalue weighted by Gasteiger charge is 2.15. The molecule has 3 rings (SSSR count). The molecule has 1 aliphatic rings. The molecule has 1 fully saturated rings. The lowest BCUT2D eigenvalue weighted by molar-refractivity contribution is -0.116. The van der Waals surface area contributed by atoms with E-state index in [0.717, 1.165) is 43.1 Å². The zero-order valence-corrected chi connectivity index (χ0v) is 15.2. The number of benzene rings is 1. The van der Waals surface area contributed by atoms with Gasteiger partial charge in [-0.3, -0.25) is 4.79 Å². The van der Waals surface area contributed by atoms with E-state index in [9.17, 15) is 4.79 Å². The fourth-order valence-electron chi connectivity index (χ4n) is 3.42. The van der Waals surface area contributed by atoms with E-state index >= 15 is 0 Å². The summed E-state index contributed by atoms with van der Waals surface area (Å²) in [6, 6.07) is 8.09. The number of nitrogens with one attached hydrogen (secondary N) is 2. The Morgan fingerprint density at radius 2 is 2.32 bits per heavy atom. The number of anilines is 1. The Hall–Kier alpha value is -2.14. The lowest BCUT2D eigenvalue weighted by Crippen LogP contribution is -2.15. The van der Waals surface area contributed by atoms with Crippen molar-refractivity contribution in [1.29, 1.82) is 0 Å². The highest BCUT2D eigenvalue weighted by molar-refractivity contribution is 5.90. The molecule has 25 heavy (non-hydrogen) atoms. The number of hydrogen-bond donors (Lipinski definition) is 2. The molecule has 0 saturated carbocycles. The van der Waals surface area contributed by atoms with E-state index in [-0.39, 0.29) is 5.91 Å². The monoisotopic (exact) mass is 340 g/mol. The van der Waals surface area contributed by atoms with Crippen molar-refractivity contribution in [2.45, 2.75) is 45.6 Å². The Balaban J connectivity index is 1.57. The zero-order valence-electron chi connectivity index (χ0n) is 15.2. The molecule has 2 aromatic rings. The van der Waals surface area contributed by atoms with Crippen molar-refractivity contribution in [3.8, 4) is 0 Å². The van der Waals surface area contributed by atoms with Gasteiger partial charge in [0.05, 0.1) is 0 Å². The average Bonchev–Trinajstić information content (AvgIpc) is 3.24. The molecule has 1 aliphatic heterocycles. The normalized spacial score (nSPS) is 17.2. The van der Waals surface area contributed by atoms with Crippen LogP contribution in [0.4, 0.5) is 5.69 Å². The maximum Gasteiger partial charge on any atom is 0.224 e. The van der Waals surface area contributed by atoms with Gasteiger partial charge in [-0.05, 0) is 49.5 Å². The van der Waals surface area contributed by atoms with Crippen LogP contribution in [-0.2, 0) is 11.3 Å². The van der Waals surface area contributed by atoms with Crippen molar-refractivity contribution in [3.63, 3.8) is 0 Å². The summed E-state index contributed by atoms with van der Waals surface area (Å²) >= 11 is 0. The molecular formula is C20H28N4O. The number of nitrogens with zero attached hydrogens (tertiary/aromatic N) is 2. The van der Waals surface area contributed by atoms with Crippen molar-refractivity contribution in [1.82, 2.24) is 14.9 Å². The van der Waals surface area contributed by atoms with Gasteiger partial charge in [0.2, 0.25) is 5.91 Å². The molecule has 1 aromatic carbocycles. The van der Waals surface area contributed by atoms with Crippen LogP contribution < -0.4 is 10.6 Å². The highest BCUT2D eigenvalue weighted by Crippen LogP contribution is 2.18. The molecule has 2 heterocycles. The van der Waals surface area contributed by atoms with Crippen molar-refractivity contribution in [3.05, 3.63) is 48.0 Å². The van der Waals surface area contributed by atoms with Gasteiger partial charge in [0, 0.05) is 37.0 Å². The minimum absolute atomic E-state index is 0.106. The van der Waals surface area contributed by atoms with Crippen molar-refractivity contribution < 1.29 is 4.79 Å². The fraction of sp³-hybridized carbons (Fsp3) is 0.500. The number of carbonyl (C=O) groups excluding carboxylic acids is 1. The van der Waals surface area contributed by atoms with E-state index in [2.05, 4.69) is 46.2 Å². The van der Waals surface area contributed by atoms with Gasteiger partial charge in [-0.25, -0.2) is 4.98 Å². The summed E-state index contributed by atoms with van der Waals surface area (Å²) in [5, 5.41) is 6.39. The molecule has 0 spiro atoms. The van der Waals surface area contributed by atoms with Crippen LogP contribution in [0.15, 0.2) is 36.7 Å².